The molecule has 3 nitrogen and oxygen atoms in total. The fraction of sp³-hybridized carbons (Fsp3) is 0.476. The van der Waals surface area contributed by atoms with Gasteiger partial charge in [-0.2, -0.15) is 0 Å². The van der Waals surface area contributed by atoms with Crippen LogP contribution in [0.5, 0.6) is 5.75 Å². The Morgan fingerprint density at radius 1 is 1.31 bits per heavy atom. The Hall–Kier alpha value is -1.88. The Morgan fingerprint density at radius 3 is 2.81 bits per heavy atom. The number of halogens is 1. The molecule has 4 atom stereocenters. The van der Waals surface area contributed by atoms with Crippen molar-refractivity contribution in [2.24, 2.45) is 17.8 Å². The first-order valence-corrected chi connectivity index (χ1v) is 10.2. The smallest absolute Gasteiger partial charge is 0.261 e. The molecule has 26 heavy (non-hydrogen) atoms. The van der Waals surface area contributed by atoms with Crippen molar-refractivity contribution in [2.75, 3.05) is 0 Å². The lowest BCUT2D eigenvalue weighted by Gasteiger charge is -2.28. The summed E-state index contributed by atoms with van der Waals surface area (Å²) in [6.45, 7) is 2.52. The highest BCUT2D eigenvalue weighted by atomic mass is 32.1. The van der Waals surface area contributed by atoms with Crippen molar-refractivity contribution in [3.8, 4) is 5.75 Å². The number of hydrogen-bond donors (Lipinski definition) is 1. The summed E-state index contributed by atoms with van der Waals surface area (Å²) in [5, 5.41) is 5.15. The van der Waals surface area contributed by atoms with Crippen LogP contribution in [0.2, 0.25) is 0 Å². The van der Waals surface area contributed by atoms with Crippen LogP contribution in [0.15, 0.2) is 35.7 Å². The zero-order chi connectivity index (χ0) is 18.1. The number of carbonyl (C=O) groups is 1. The molecule has 2 aromatic rings. The molecule has 0 spiro atoms. The van der Waals surface area contributed by atoms with Crippen molar-refractivity contribution < 1.29 is 13.9 Å². The minimum absolute atomic E-state index is 0.0123. The highest BCUT2D eigenvalue weighted by Crippen LogP contribution is 2.49. The van der Waals surface area contributed by atoms with Gasteiger partial charge in [-0.3, -0.25) is 4.79 Å². The Labute approximate surface area is 157 Å². The number of rotatable bonds is 6. The zero-order valence-corrected chi connectivity index (χ0v) is 15.7. The van der Waals surface area contributed by atoms with E-state index in [9.17, 15) is 9.18 Å². The van der Waals surface area contributed by atoms with Gasteiger partial charge in [-0.15, -0.1) is 11.3 Å². The van der Waals surface area contributed by atoms with Crippen molar-refractivity contribution in [3.05, 3.63) is 52.0 Å². The Balaban J connectivity index is 1.30. The van der Waals surface area contributed by atoms with E-state index in [4.69, 9.17) is 4.74 Å². The van der Waals surface area contributed by atoms with Crippen molar-refractivity contribution in [3.63, 3.8) is 0 Å². The van der Waals surface area contributed by atoms with Gasteiger partial charge in [-0.25, -0.2) is 4.39 Å². The molecule has 2 bridgehead atoms. The quantitative estimate of drug-likeness (QED) is 0.772. The van der Waals surface area contributed by atoms with Gasteiger partial charge >= 0.3 is 0 Å². The number of thiophene rings is 1. The van der Waals surface area contributed by atoms with Gasteiger partial charge in [0.05, 0.1) is 4.88 Å². The minimum Gasteiger partial charge on any atom is -0.489 e. The van der Waals surface area contributed by atoms with Gasteiger partial charge in [-0.05, 0) is 79.7 Å². The third-order valence-electron chi connectivity index (χ3n) is 5.89. The van der Waals surface area contributed by atoms with Crippen molar-refractivity contribution in [1.29, 1.82) is 0 Å². The third-order valence-corrected chi connectivity index (χ3v) is 6.87. The van der Waals surface area contributed by atoms with Crippen molar-refractivity contribution >= 4 is 17.2 Å². The molecule has 4 rings (SSSR count). The van der Waals surface area contributed by atoms with E-state index < -0.39 is 0 Å². The molecule has 5 heteroatoms. The lowest BCUT2D eigenvalue weighted by molar-refractivity contribution is 0.0919. The number of carbonyl (C=O) groups excluding carboxylic acids is 1. The van der Waals surface area contributed by atoms with Crippen LogP contribution in [0.4, 0.5) is 4.39 Å². The van der Waals surface area contributed by atoms with Crippen LogP contribution in [-0.4, -0.2) is 11.9 Å². The lowest BCUT2D eigenvalue weighted by atomic mass is 9.84. The van der Waals surface area contributed by atoms with E-state index >= 15 is 0 Å². The van der Waals surface area contributed by atoms with E-state index in [1.54, 1.807) is 12.1 Å². The number of amides is 1. The molecule has 1 aromatic heterocycles. The fourth-order valence-corrected chi connectivity index (χ4v) is 5.36. The SMILES string of the molecule is CC(NC(=O)c1cc(COc2ccc(F)cc2)cs1)C1CC2CCC1C2. The van der Waals surface area contributed by atoms with Crippen LogP contribution in [0.1, 0.15) is 47.8 Å². The molecule has 2 aliphatic rings. The molecule has 0 aliphatic heterocycles. The van der Waals surface area contributed by atoms with Gasteiger partial charge in [-0.1, -0.05) is 6.42 Å². The predicted octanol–water partition coefficient (Wildman–Crippen LogP) is 5.02. The summed E-state index contributed by atoms with van der Waals surface area (Å²) in [5.41, 5.74) is 0.956. The maximum atomic E-state index is 12.9. The summed E-state index contributed by atoms with van der Waals surface area (Å²) in [7, 11) is 0. The topological polar surface area (TPSA) is 38.3 Å². The van der Waals surface area contributed by atoms with E-state index in [1.165, 1.54) is 49.2 Å². The van der Waals surface area contributed by atoms with Gasteiger partial charge in [0, 0.05) is 11.6 Å². The number of nitrogens with one attached hydrogen (secondary N) is 1. The Kier molecular flexibility index (Phi) is 4.98. The first-order valence-electron chi connectivity index (χ1n) is 9.35. The van der Waals surface area contributed by atoms with Gasteiger partial charge in [0.1, 0.15) is 18.2 Å². The average molecular weight is 373 g/mol. The monoisotopic (exact) mass is 373 g/mol. The molecule has 1 heterocycles. The molecular weight excluding hydrogens is 349 g/mol. The molecule has 138 valence electrons. The van der Waals surface area contributed by atoms with E-state index in [-0.39, 0.29) is 17.8 Å². The van der Waals surface area contributed by atoms with Gasteiger partial charge < -0.3 is 10.1 Å². The van der Waals surface area contributed by atoms with Crippen LogP contribution in [0, 0.1) is 23.6 Å². The lowest BCUT2D eigenvalue weighted by Crippen LogP contribution is -2.39. The molecule has 0 saturated heterocycles. The average Bonchev–Trinajstić information content (AvgIpc) is 3.37. The second kappa shape index (κ2) is 7.39. The summed E-state index contributed by atoms with van der Waals surface area (Å²) in [6, 6.07) is 8.08. The molecule has 1 amide bonds. The van der Waals surface area contributed by atoms with E-state index in [0.717, 1.165) is 22.3 Å². The first kappa shape index (κ1) is 17.5. The van der Waals surface area contributed by atoms with Crippen LogP contribution < -0.4 is 10.1 Å². The summed E-state index contributed by atoms with van der Waals surface area (Å²) in [5.74, 6) is 2.68. The first-order chi connectivity index (χ1) is 12.6. The summed E-state index contributed by atoms with van der Waals surface area (Å²) in [4.78, 5) is 13.3. The number of ether oxygens (including phenoxy) is 1. The number of fused-ring (bicyclic) bond motifs is 2. The summed E-state index contributed by atoms with van der Waals surface area (Å²) >= 11 is 1.44. The Morgan fingerprint density at radius 2 is 2.12 bits per heavy atom. The number of hydrogen-bond acceptors (Lipinski definition) is 3. The molecule has 1 N–H and O–H groups in total. The molecule has 2 aliphatic carbocycles. The fourth-order valence-electron chi connectivity index (χ4n) is 4.56. The Bertz CT molecular complexity index is 773. The van der Waals surface area contributed by atoms with Gasteiger partial charge in [0.25, 0.3) is 5.91 Å². The highest BCUT2D eigenvalue weighted by Gasteiger charge is 2.42. The largest absolute Gasteiger partial charge is 0.489 e. The maximum Gasteiger partial charge on any atom is 0.261 e. The van der Waals surface area contributed by atoms with Crippen LogP contribution in [-0.2, 0) is 6.61 Å². The molecule has 2 fully saturated rings. The number of benzene rings is 1. The second-order valence-electron chi connectivity index (χ2n) is 7.66. The summed E-state index contributed by atoms with van der Waals surface area (Å²) in [6.07, 6.45) is 5.34. The maximum absolute atomic E-state index is 12.9. The van der Waals surface area contributed by atoms with Crippen LogP contribution in [0.25, 0.3) is 0 Å². The van der Waals surface area contributed by atoms with Gasteiger partial charge in [0.2, 0.25) is 0 Å². The van der Waals surface area contributed by atoms with Crippen LogP contribution >= 0.6 is 11.3 Å². The van der Waals surface area contributed by atoms with E-state index in [0.29, 0.717) is 18.3 Å². The molecule has 1 aromatic carbocycles. The zero-order valence-electron chi connectivity index (χ0n) is 14.9. The van der Waals surface area contributed by atoms with Crippen LogP contribution in [0.3, 0.4) is 0 Å². The van der Waals surface area contributed by atoms with Crippen molar-refractivity contribution in [1.82, 2.24) is 5.32 Å². The molecule has 2 saturated carbocycles. The molecule has 4 unspecified atom stereocenters. The van der Waals surface area contributed by atoms with E-state index in [2.05, 4.69) is 12.2 Å². The van der Waals surface area contributed by atoms with Crippen molar-refractivity contribution in [2.45, 2.75) is 45.3 Å². The van der Waals surface area contributed by atoms with Gasteiger partial charge in [0.15, 0.2) is 0 Å². The normalized spacial score (nSPS) is 25.2. The highest BCUT2D eigenvalue weighted by molar-refractivity contribution is 7.12. The third kappa shape index (κ3) is 3.78. The standard InChI is InChI=1S/C21H24FNO2S/c1-13(19-9-14-2-3-16(19)8-14)23-21(24)20-10-15(12-26-20)11-25-18-6-4-17(22)5-7-18/h4-7,10,12-14,16,19H,2-3,8-9,11H2,1H3,(H,23,24). The molecule has 0 radical (unpaired) electrons. The minimum atomic E-state index is -0.281. The predicted molar refractivity (Wildman–Crippen MR) is 101 cm³/mol. The second-order valence-corrected chi connectivity index (χ2v) is 8.57. The summed E-state index contributed by atoms with van der Waals surface area (Å²) < 4.78 is 18.6. The molecular formula is C21H24FNO2S. The van der Waals surface area contributed by atoms with E-state index in [1.807, 2.05) is 11.4 Å².